The largest absolute Gasteiger partial charge is 0.352 e. The van der Waals surface area contributed by atoms with Gasteiger partial charge in [-0.15, -0.1) is 11.3 Å². The molecule has 0 radical (unpaired) electrons. The van der Waals surface area contributed by atoms with Crippen LogP contribution in [0.15, 0.2) is 0 Å². The molecule has 2 N–H and O–H groups in total. The summed E-state index contributed by atoms with van der Waals surface area (Å²) in [5, 5.41) is 12.2. The monoisotopic (exact) mass is 345 g/mol. The van der Waals surface area contributed by atoms with Crippen LogP contribution in [0.2, 0.25) is 0 Å². The van der Waals surface area contributed by atoms with Crippen LogP contribution in [-0.4, -0.2) is 33.7 Å². The fraction of sp³-hybridized carbons (Fsp3) is 0.529. The molecule has 0 aromatic carbocycles. The first-order valence-electron chi connectivity index (χ1n) is 8.44. The van der Waals surface area contributed by atoms with Crippen molar-refractivity contribution in [3.05, 3.63) is 33.0 Å². The molecule has 0 saturated carbocycles. The number of anilines is 1. The smallest absolute Gasteiger partial charge is 0.256 e. The van der Waals surface area contributed by atoms with E-state index < -0.39 is 0 Å². The minimum Gasteiger partial charge on any atom is -0.352 e. The van der Waals surface area contributed by atoms with Crippen LogP contribution in [-0.2, 0) is 20.0 Å². The van der Waals surface area contributed by atoms with Crippen molar-refractivity contribution in [1.82, 2.24) is 20.0 Å². The normalized spacial score (nSPS) is 20.3. The van der Waals surface area contributed by atoms with Crippen molar-refractivity contribution in [1.29, 1.82) is 0 Å². The summed E-state index contributed by atoms with van der Waals surface area (Å²) in [4.78, 5) is 16.6. The Morgan fingerprint density at radius 2 is 2.12 bits per heavy atom. The zero-order chi connectivity index (χ0) is 17.0. The van der Waals surface area contributed by atoms with Gasteiger partial charge in [-0.3, -0.25) is 14.4 Å². The van der Waals surface area contributed by atoms with Gasteiger partial charge in [0.05, 0.1) is 11.3 Å². The second-order valence-corrected chi connectivity index (χ2v) is 7.69. The lowest BCUT2D eigenvalue weighted by molar-refractivity contribution is 0.0934. The zero-order valence-corrected chi connectivity index (χ0v) is 15.4. The average Bonchev–Trinajstić information content (AvgIpc) is 3.03. The van der Waals surface area contributed by atoms with Gasteiger partial charge in [0.2, 0.25) is 0 Å². The van der Waals surface area contributed by atoms with E-state index in [9.17, 15) is 4.79 Å². The summed E-state index contributed by atoms with van der Waals surface area (Å²) in [6, 6.07) is 0. The number of nitrogens with zero attached hydrogens (tertiary/aromatic N) is 3. The maximum absolute atomic E-state index is 12.8. The lowest BCUT2D eigenvalue weighted by Gasteiger charge is -2.28. The SMILES string of the molecule is CCN1CCc2c(sc3c2C(=O)N[C@@H](c2c(C)nn(C)c2C)N3)C1. The van der Waals surface area contributed by atoms with Crippen LogP contribution in [0.4, 0.5) is 5.00 Å². The van der Waals surface area contributed by atoms with Crippen LogP contribution < -0.4 is 10.6 Å². The Balaban J connectivity index is 1.71. The van der Waals surface area contributed by atoms with Crippen LogP contribution in [0.1, 0.15) is 50.8 Å². The Bertz CT molecular complexity index is 822. The van der Waals surface area contributed by atoms with Crippen molar-refractivity contribution in [2.24, 2.45) is 7.05 Å². The standard InChI is InChI=1S/C17H23N5OS/c1-5-22-7-6-11-12(8-22)24-17-14(11)16(23)18-15(19-17)13-9(2)20-21(4)10(13)3/h15,19H,5-8H2,1-4H3,(H,18,23)/t15-/m1/s1. The Kier molecular flexibility index (Phi) is 3.65. The summed E-state index contributed by atoms with van der Waals surface area (Å²) in [6.45, 7) is 9.26. The van der Waals surface area contributed by atoms with E-state index in [-0.39, 0.29) is 12.1 Å². The van der Waals surface area contributed by atoms with E-state index in [1.165, 1.54) is 10.4 Å². The summed E-state index contributed by atoms with van der Waals surface area (Å²) in [5.74, 6) is 0.0406. The van der Waals surface area contributed by atoms with Gasteiger partial charge in [0, 0.05) is 36.3 Å². The maximum atomic E-state index is 12.8. The summed E-state index contributed by atoms with van der Waals surface area (Å²) in [7, 11) is 1.94. The highest BCUT2D eigenvalue weighted by molar-refractivity contribution is 7.16. The van der Waals surface area contributed by atoms with Crippen LogP contribution in [0, 0.1) is 13.8 Å². The third-order valence-corrected chi connectivity index (χ3v) is 6.36. The van der Waals surface area contributed by atoms with Crippen molar-refractivity contribution < 1.29 is 4.79 Å². The Morgan fingerprint density at radius 3 is 2.79 bits per heavy atom. The number of likely N-dealkylation sites (N-methyl/N-ethyl adjacent to an activating group) is 1. The van der Waals surface area contributed by atoms with Crippen molar-refractivity contribution in [2.75, 3.05) is 18.4 Å². The van der Waals surface area contributed by atoms with Crippen molar-refractivity contribution in [3.8, 4) is 0 Å². The Hall–Kier alpha value is -1.86. The third-order valence-electron chi connectivity index (χ3n) is 5.21. The molecule has 24 heavy (non-hydrogen) atoms. The van der Waals surface area contributed by atoms with Gasteiger partial charge >= 0.3 is 0 Å². The number of carbonyl (C=O) groups is 1. The molecular formula is C17H23N5OS. The van der Waals surface area contributed by atoms with E-state index in [0.29, 0.717) is 0 Å². The molecule has 4 heterocycles. The fourth-order valence-corrected chi connectivity index (χ4v) is 5.11. The molecule has 0 unspecified atom stereocenters. The Morgan fingerprint density at radius 1 is 1.33 bits per heavy atom. The van der Waals surface area contributed by atoms with Gasteiger partial charge in [-0.25, -0.2) is 0 Å². The number of nitrogens with one attached hydrogen (secondary N) is 2. The van der Waals surface area contributed by atoms with Crippen LogP contribution in [0.25, 0.3) is 0 Å². The third kappa shape index (κ3) is 2.26. The molecule has 6 nitrogen and oxygen atoms in total. The van der Waals surface area contributed by atoms with Gasteiger partial charge in [0.25, 0.3) is 5.91 Å². The van der Waals surface area contributed by atoms with Crippen LogP contribution in [0.5, 0.6) is 0 Å². The van der Waals surface area contributed by atoms with Gasteiger partial charge in [-0.05, 0) is 32.4 Å². The topological polar surface area (TPSA) is 62.2 Å². The van der Waals surface area contributed by atoms with E-state index in [2.05, 4.69) is 27.6 Å². The minimum absolute atomic E-state index is 0.0406. The second-order valence-electron chi connectivity index (χ2n) is 6.59. The molecule has 0 bridgehead atoms. The number of thiophene rings is 1. The quantitative estimate of drug-likeness (QED) is 0.877. The number of aromatic nitrogens is 2. The molecule has 0 saturated heterocycles. The predicted octanol–water partition coefficient (Wildman–Crippen LogP) is 2.33. The summed E-state index contributed by atoms with van der Waals surface area (Å²) < 4.78 is 1.87. The van der Waals surface area contributed by atoms with E-state index in [1.54, 1.807) is 11.3 Å². The highest BCUT2D eigenvalue weighted by Crippen LogP contribution is 2.41. The lowest BCUT2D eigenvalue weighted by atomic mass is 10.00. The van der Waals surface area contributed by atoms with Gasteiger partial charge < -0.3 is 10.6 Å². The minimum atomic E-state index is -0.207. The molecule has 4 rings (SSSR count). The van der Waals surface area contributed by atoms with Gasteiger partial charge in [0.15, 0.2) is 0 Å². The van der Waals surface area contributed by atoms with Crippen molar-refractivity contribution in [2.45, 2.75) is 39.9 Å². The molecule has 7 heteroatoms. The molecule has 2 aromatic heterocycles. The van der Waals surface area contributed by atoms with E-state index in [1.807, 2.05) is 25.6 Å². The van der Waals surface area contributed by atoms with E-state index >= 15 is 0 Å². The first-order chi connectivity index (χ1) is 11.5. The lowest BCUT2D eigenvalue weighted by Crippen LogP contribution is -2.39. The van der Waals surface area contributed by atoms with Crippen molar-refractivity contribution in [3.63, 3.8) is 0 Å². The molecular weight excluding hydrogens is 322 g/mol. The number of carbonyl (C=O) groups excluding carboxylic acids is 1. The van der Waals surface area contributed by atoms with Crippen LogP contribution in [0.3, 0.4) is 0 Å². The van der Waals surface area contributed by atoms with E-state index in [0.717, 1.165) is 53.6 Å². The van der Waals surface area contributed by atoms with Gasteiger partial charge in [-0.1, -0.05) is 6.92 Å². The maximum Gasteiger partial charge on any atom is 0.256 e. The van der Waals surface area contributed by atoms with Crippen molar-refractivity contribution >= 4 is 22.2 Å². The molecule has 2 aliphatic rings. The second kappa shape index (κ2) is 5.60. The molecule has 0 spiro atoms. The highest BCUT2D eigenvalue weighted by atomic mass is 32.1. The molecule has 1 atom stereocenters. The number of aryl methyl sites for hydroxylation is 2. The molecule has 1 amide bonds. The van der Waals surface area contributed by atoms with Gasteiger partial charge in [-0.2, -0.15) is 5.10 Å². The summed E-state index contributed by atoms with van der Waals surface area (Å²) in [5.41, 5.74) is 5.20. The zero-order valence-electron chi connectivity index (χ0n) is 14.6. The first kappa shape index (κ1) is 15.7. The van der Waals surface area contributed by atoms with E-state index in [4.69, 9.17) is 0 Å². The average molecular weight is 345 g/mol. The summed E-state index contributed by atoms with van der Waals surface area (Å²) in [6.07, 6.45) is 0.751. The number of fused-ring (bicyclic) bond motifs is 3. The predicted molar refractivity (Wildman–Crippen MR) is 95.5 cm³/mol. The Labute approximate surface area is 145 Å². The number of hydrogen-bond donors (Lipinski definition) is 2. The number of hydrogen-bond acceptors (Lipinski definition) is 5. The molecule has 2 aromatic rings. The molecule has 0 fully saturated rings. The molecule has 2 aliphatic heterocycles. The molecule has 128 valence electrons. The molecule has 0 aliphatic carbocycles. The van der Waals surface area contributed by atoms with Crippen LogP contribution >= 0.6 is 11.3 Å². The first-order valence-corrected chi connectivity index (χ1v) is 9.25. The number of amides is 1. The highest BCUT2D eigenvalue weighted by Gasteiger charge is 2.34. The van der Waals surface area contributed by atoms with Gasteiger partial charge in [0.1, 0.15) is 11.2 Å². The summed E-state index contributed by atoms with van der Waals surface area (Å²) >= 11 is 1.74. The number of rotatable bonds is 2. The fourth-order valence-electron chi connectivity index (χ4n) is 3.79.